The van der Waals surface area contributed by atoms with Crippen molar-refractivity contribution < 1.29 is 12.8 Å². The van der Waals surface area contributed by atoms with E-state index in [9.17, 15) is 0 Å². The zero-order chi connectivity index (χ0) is 35.5. The molecule has 5 rings (SSSR count). The molecule has 0 radical (unpaired) electrons. The molecule has 0 saturated heterocycles. The van der Waals surface area contributed by atoms with E-state index < -0.39 is 21.8 Å². The molecule has 1 nitrogen and oxygen atoms in total. The van der Waals surface area contributed by atoms with E-state index in [1.54, 1.807) is 0 Å². The Hall–Kier alpha value is -3.49. The van der Waals surface area contributed by atoms with Crippen molar-refractivity contribution in [3.63, 3.8) is 0 Å². The van der Waals surface area contributed by atoms with Crippen LogP contribution in [0.25, 0.3) is 44.3 Å². The Morgan fingerprint density at radius 3 is 1.86 bits per heavy atom. The maximum Gasteiger partial charge on any atom is 0.213 e. The van der Waals surface area contributed by atoms with Crippen LogP contribution in [0.5, 0.6) is 0 Å². The Morgan fingerprint density at radius 2 is 1.29 bits per heavy atom. The molecule has 0 aliphatic rings. The standard InChI is InChI=1S/C40H48NSi/c1-25(2)35-23-34(42(9,10)11)24-36(26(3)4)40(35)32-17-18-41(8)38(22-32)37-21-33-20-31(16-15-30(33)19-29(37)7)39-27(5)13-12-14-28(39)6/h12-26H,1-11H3/q+1/i5D3,6D3. The van der Waals surface area contributed by atoms with Gasteiger partial charge in [0.05, 0.1) is 8.07 Å². The average Bonchev–Trinajstić information content (AvgIpc) is 2.98. The minimum atomic E-state index is -2.46. The lowest BCUT2D eigenvalue weighted by molar-refractivity contribution is -0.660. The molecule has 0 saturated carbocycles. The number of nitrogens with zero attached hydrogens (tertiary/aromatic N) is 1. The van der Waals surface area contributed by atoms with E-state index >= 15 is 0 Å². The molecule has 0 N–H and O–H groups in total. The van der Waals surface area contributed by atoms with Crippen LogP contribution >= 0.6 is 0 Å². The molecular weight excluding hydrogens is 523 g/mol. The molecule has 1 heterocycles. The normalized spacial score (nSPS) is 14.8. The molecule has 0 aliphatic heterocycles. The summed E-state index contributed by atoms with van der Waals surface area (Å²) in [5, 5.41) is 3.41. The largest absolute Gasteiger partial charge is 0.213 e. The molecule has 216 valence electrons. The van der Waals surface area contributed by atoms with E-state index in [0.29, 0.717) is 17.4 Å². The van der Waals surface area contributed by atoms with E-state index in [1.807, 2.05) is 18.2 Å². The Bertz CT molecular complexity index is 1950. The summed E-state index contributed by atoms with van der Waals surface area (Å²) in [5.74, 6) is 0.731. The molecule has 0 atom stereocenters. The highest BCUT2D eigenvalue weighted by atomic mass is 28.3. The van der Waals surface area contributed by atoms with Gasteiger partial charge in [-0.25, -0.2) is 4.57 Å². The lowest BCUT2D eigenvalue weighted by atomic mass is 9.84. The highest BCUT2D eigenvalue weighted by Gasteiger charge is 2.25. The third-order valence-corrected chi connectivity index (χ3v) is 10.6. The van der Waals surface area contributed by atoms with Gasteiger partial charge in [0, 0.05) is 25.9 Å². The van der Waals surface area contributed by atoms with E-state index in [0.717, 1.165) is 27.6 Å². The third kappa shape index (κ3) is 5.62. The van der Waals surface area contributed by atoms with Crippen molar-refractivity contribution in [2.75, 3.05) is 0 Å². The summed E-state index contributed by atoms with van der Waals surface area (Å²) in [6.45, 7) is 13.6. The van der Waals surface area contributed by atoms with Crippen molar-refractivity contribution in [1.82, 2.24) is 0 Å². The van der Waals surface area contributed by atoms with Crippen LogP contribution in [0.3, 0.4) is 0 Å². The first-order valence-corrected chi connectivity index (χ1v) is 18.6. The number of aromatic nitrogens is 1. The lowest BCUT2D eigenvalue weighted by Crippen LogP contribution is -2.38. The second-order valence-corrected chi connectivity index (χ2v) is 18.5. The van der Waals surface area contributed by atoms with Crippen LogP contribution < -0.4 is 9.75 Å². The zero-order valence-corrected chi connectivity index (χ0v) is 27.6. The number of hydrogen-bond donors (Lipinski definition) is 0. The maximum atomic E-state index is 8.19. The van der Waals surface area contributed by atoms with Crippen molar-refractivity contribution in [1.29, 1.82) is 0 Å². The van der Waals surface area contributed by atoms with Gasteiger partial charge in [0.15, 0.2) is 6.20 Å². The van der Waals surface area contributed by atoms with Gasteiger partial charge in [-0.15, -0.1) is 0 Å². The van der Waals surface area contributed by atoms with Gasteiger partial charge in [0.2, 0.25) is 5.69 Å². The number of aryl methyl sites for hydroxylation is 4. The molecule has 42 heavy (non-hydrogen) atoms. The molecule has 0 bridgehead atoms. The van der Waals surface area contributed by atoms with Crippen molar-refractivity contribution in [3.05, 3.63) is 107 Å². The molecule has 1 aromatic heterocycles. The second kappa shape index (κ2) is 11.3. The number of benzene rings is 4. The van der Waals surface area contributed by atoms with Crippen LogP contribution in [0.1, 0.15) is 75.6 Å². The summed E-state index contributed by atoms with van der Waals surface area (Å²) in [5.41, 5.74) is 9.49. The molecule has 2 heteroatoms. The minimum Gasteiger partial charge on any atom is -0.201 e. The summed E-state index contributed by atoms with van der Waals surface area (Å²) in [4.78, 5) is 0. The zero-order valence-electron chi connectivity index (χ0n) is 32.6. The van der Waals surface area contributed by atoms with Crippen LogP contribution in [-0.2, 0) is 7.05 Å². The van der Waals surface area contributed by atoms with E-state index in [1.165, 1.54) is 45.6 Å². The van der Waals surface area contributed by atoms with Gasteiger partial charge in [0.1, 0.15) is 7.05 Å². The van der Waals surface area contributed by atoms with Gasteiger partial charge in [-0.1, -0.05) is 101 Å². The van der Waals surface area contributed by atoms with Crippen LogP contribution in [0, 0.1) is 20.6 Å². The monoisotopic (exact) mass is 576 g/mol. The summed E-state index contributed by atoms with van der Waals surface area (Å²) < 4.78 is 51.3. The summed E-state index contributed by atoms with van der Waals surface area (Å²) in [6, 6.07) is 24.0. The molecule has 0 aliphatic carbocycles. The summed E-state index contributed by atoms with van der Waals surface area (Å²) in [7, 11) is 0.523. The fourth-order valence-corrected chi connectivity index (χ4v) is 7.24. The first-order chi connectivity index (χ1) is 22.2. The third-order valence-electron chi connectivity index (χ3n) is 8.56. The van der Waals surface area contributed by atoms with Crippen molar-refractivity contribution in [2.24, 2.45) is 7.05 Å². The second-order valence-electron chi connectivity index (χ2n) is 13.5. The Morgan fingerprint density at radius 1 is 0.667 bits per heavy atom. The number of pyridine rings is 1. The SMILES string of the molecule is [2H]C([2H])([2H])c1cccc(C([2H])([2H])[2H])c1-c1ccc2cc(C)c(-c3cc(-c4c(C(C)C)cc([Si](C)(C)C)cc4C(C)C)cc[n+]3C)cc2c1. The van der Waals surface area contributed by atoms with Gasteiger partial charge in [0.25, 0.3) is 0 Å². The molecule has 0 amide bonds. The van der Waals surface area contributed by atoms with Crippen molar-refractivity contribution in [3.8, 4) is 33.5 Å². The van der Waals surface area contributed by atoms with E-state index in [4.69, 9.17) is 8.22 Å². The highest BCUT2D eigenvalue weighted by molar-refractivity contribution is 6.88. The van der Waals surface area contributed by atoms with Gasteiger partial charge in [-0.2, -0.15) is 0 Å². The van der Waals surface area contributed by atoms with Gasteiger partial charge < -0.3 is 0 Å². The predicted octanol–water partition coefficient (Wildman–Crippen LogP) is 10.4. The van der Waals surface area contributed by atoms with Gasteiger partial charge in [-0.05, 0) is 105 Å². The predicted molar refractivity (Wildman–Crippen MR) is 187 cm³/mol. The Labute approximate surface area is 263 Å². The van der Waals surface area contributed by atoms with Gasteiger partial charge >= 0.3 is 0 Å². The first kappa shape index (κ1) is 23.0. The quantitative estimate of drug-likeness (QED) is 0.140. The molecule has 4 aromatic carbocycles. The van der Waals surface area contributed by atoms with E-state index in [2.05, 4.69) is 108 Å². The minimum absolute atomic E-state index is 0.0453. The van der Waals surface area contributed by atoms with Crippen LogP contribution in [0.15, 0.2) is 79.0 Å². The Kier molecular flexibility index (Phi) is 6.19. The smallest absolute Gasteiger partial charge is 0.201 e. The van der Waals surface area contributed by atoms with Crippen LogP contribution in [-0.4, -0.2) is 8.07 Å². The molecule has 0 fully saturated rings. The fourth-order valence-electron chi connectivity index (χ4n) is 6.06. The number of hydrogen-bond acceptors (Lipinski definition) is 0. The highest BCUT2D eigenvalue weighted by Crippen LogP contribution is 2.38. The Balaban J connectivity index is 1.74. The molecular formula is C40H48NSi+. The van der Waals surface area contributed by atoms with Crippen LogP contribution in [0.4, 0.5) is 0 Å². The van der Waals surface area contributed by atoms with E-state index in [-0.39, 0.29) is 16.7 Å². The number of fused-ring (bicyclic) bond motifs is 1. The van der Waals surface area contributed by atoms with Crippen LogP contribution in [0.2, 0.25) is 19.6 Å². The molecule has 0 spiro atoms. The first-order valence-electron chi connectivity index (χ1n) is 18.1. The van der Waals surface area contributed by atoms with Gasteiger partial charge in [-0.3, -0.25) is 0 Å². The average molecular weight is 577 g/mol. The lowest BCUT2D eigenvalue weighted by Gasteiger charge is -2.26. The van der Waals surface area contributed by atoms with Crippen molar-refractivity contribution >= 4 is 24.0 Å². The van der Waals surface area contributed by atoms with Crippen molar-refractivity contribution in [2.45, 2.75) is 79.8 Å². The summed E-state index contributed by atoms with van der Waals surface area (Å²) >= 11 is 0. The molecule has 0 unspecified atom stereocenters. The fraction of sp³-hybridized carbons (Fsp3) is 0.325. The topological polar surface area (TPSA) is 3.88 Å². The summed E-state index contributed by atoms with van der Waals surface area (Å²) in [6.07, 6.45) is 2.14. The number of rotatable bonds is 6. The maximum absolute atomic E-state index is 8.19. The molecule has 5 aromatic rings.